The van der Waals surface area contributed by atoms with Crippen LogP contribution in [0.15, 0.2) is 48.6 Å². The van der Waals surface area contributed by atoms with Gasteiger partial charge in [0.15, 0.2) is 11.6 Å². The third-order valence-electron chi connectivity index (χ3n) is 7.02. The highest BCUT2D eigenvalue weighted by molar-refractivity contribution is 5.86. The van der Waals surface area contributed by atoms with E-state index in [4.69, 9.17) is 9.47 Å². The van der Waals surface area contributed by atoms with E-state index in [-0.39, 0.29) is 31.1 Å². The van der Waals surface area contributed by atoms with Crippen molar-refractivity contribution in [1.82, 2.24) is 0 Å². The van der Waals surface area contributed by atoms with Crippen LogP contribution in [-0.4, -0.2) is 24.3 Å². The zero-order chi connectivity index (χ0) is 25.2. The lowest BCUT2D eigenvalue weighted by atomic mass is 9.77. The monoisotopic (exact) mass is 482 g/mol. The summed E-state index contributed by atoms with van der Waals surface area (Å²) in [7, 11) is 0. The largest absolute Gasteiger partial charge is 0.487 e. The molecule has 35 heavy (non-hydrogen) atoms. The van der Waals surface area contributed by atoms with E-state index >= 15 is 4.39 Å². The first-order valence-electron chi connectivity index (χ1n) is 12.9. The second kappa shape index (κ2) is 13.4. The molecule has 0 aliphatic heterocycles. The molecule has 1 saturated carbocycles. The number of hydrogen-bond acceptors (Lipinski definition) is 4. The Morgan fingerprint density at radius 1 is 1.06 bits per heavy atom. The Labute approximate surface area is 209 Å². The molecule has 190 valence electrons. The topological polar surface area (TPSA) is 55.8 Å². The van der Waals surface area contributed by atoms with Gasteiger partial charge in [0.1, 0.15) is 13.2 Å². The van der Waals surface area contributed by atoms with Gasteiger partial charge in [-0.15, -0.1) is 0 Å². The van der Waals surface area contributed by atoms with Gasteiger partial charge in [0.05, 0.1) is 6.61 Å². The molecule has 3 rings (SSSR count). The number of unbranched alkanes of at least 4 members (excludes halogenated alkanes) is 2. The molecule has 0 unspecified atom stereocenters. The summed E-state index contributed by atoms with van der Waals surface area (Å²) in [6, 6.07) is 11.5. The number of benzene rings is 2. The molecule has 1 N–H and O–H groups in total. The second-order valence-corrected chi connectivity index (χ2v) is 9.67. The van der Waals surface area contributed by atoms with Gasteiger partial charge in [0, 0.05) is 16.7 Å². The van der Waals surface area contributed by atoms with Gasteiger partial charge in [-0.1, -0.05) is 75.6 Å². The number of aliphatic hydroxyl groups is 1. The number of carbonyl (C=O) groups excluding carboxylic acids is 1. The number of esters is 1. The predicted octanol–water partition coefficient (Wildman–Crippen LogP) is 7.34. The van der Waals surface area contributed by atoms with Crippen molar-refractivity contribution in [3.05, 3.63) is 65.5 Å². The second-order valence-electron chi connectivity index (χ2n) is 9.67. The number of aliphatic hydroxyl groups excluding tert-OH is 1. The molecule has 1 aliphatic carbocycles. The lowest BCUT2D eigenvalue weighted by Gasteiger charge is -2.29. The summed E-state index contributed by atoms with van der Waals surface area (Å²) in [5.41, 5.74) is 3.15. The van der Waals surface area contributed by atoms with Crippen LogP contribution in [0.3, 0.4) is 0 Å². The maximum atomic E-state index is 15.4. The van der Waals surface area contributed by atoms with Crippen molar-refractivity contribution in [2.45, 2.75) is 77.7 Å². The summed E-state index contributed by atoms with van der Waals surface area (Å²) >= 11 is 0. The molecule has 4 nitrogen and oxygen atoms in total. The van der Waals surface area contributed by atoms with Gasteiger partial charge in [0.25, 0.3) is 0 Å². The number of ether oxygens (including phenoxy) is 2. The van der Waals surface area contributed by atoms with E-state index < -0.39 is 11.8 Å². The predicted molar refractivity (Wildman–Crippen MR) is 138 cm³/mol. The molecule has 0 radical (unpaired) electrons. The first kappa shape index (κ1) is 26.9. The highest BCUT2D eigenvalue weighted by Crippen LogP contribution is 2.39. The Morgan fingerprint density at radius 3 is 2.40 bits per heavy atom. The number of halogens is 1. The first-order chi connectivity index (χ1) is 16.9. The third-order valence-corrected chi connectivity index (χ3v) is 7.02. The maximum absolute atomic E-state index is 15.4. The van der Waals surface area contributed by atoms with Crippen molar-refractivity contribution >= 4 is 5.97 Å². The van der Waals surface area contributed by atoms with Crippen LogP contribution in [0.2, 0.25) is 0 Å². The standard InChI is InChI=1S/C30H39FO4/c1-4-5-6-7-22-8-10-23(11-9-22)24-12-14-25(15-13-24)27-17-16-26(20-32)29(28(27)31)34-18-19-35-30(33)21(2)3/h12-17,22-23,32H,2,4-11,18-20H2,1,3H3. The van der Waals surface area contributed by atoms with E-state index in [2.05, 4.69) is 25.6 Å². The molecule has 0 heterocycles. The van der Waals surface area contributed by atoms with Crippen LogP contribution >= 0.6 is 0 Å². The summed E-state index contributed by atoms with van der Waals surface area (Å²) in [6.45, 7) is 6.93. The molecular formula is C30H39FO4. The fraction of sp³-hybridized carbons (Fsp3) is 0.500. The van der Waals surface area contributed by atoms with Crippen molar-refractivity contribution < 1.29 is 23.8 Å². The fourth-order valence-electron chi connectivity index (χ4n) is 4.90. The van der Waals surface area contributed by atoms with E-state index in [1.807, 2.05) is 12.1 Å². The van der Waals surface area contributed by atoms with Crippen LogP contribution in [0.25, 0.3) is 11.1 Å². The van der Waals surface area contributed by atoms with Crippen LogP contribution in [0, 0.1) is 11.7 Å². The van der Waals surface area contributed by atoms with Crippen LogP contribution in [0.5, 0.6) is 5.75 Å². The minimum Gasteiger partial charge on any atom is -0.487 e. The molecule has 5 heteroatoms. The van der Waals surface area contributed by atoms with Crippen molar-refractivity contribution in [3.8, 4) is 16.9 Å². The van der Waals surface area contributed by atoms with Gasteiger partial charge in [-0.2, -0.15) is 0 Å². The molecule has 1 aliphatic rings. The molecule has 1 fully saturated rings. The van der Waals surface area contributed by atoms with Crippen molar-refractivity contribution in [3.63, 3.8) is 0 Å². The number of hydrogen-bond donors (Lipinski definition) is 1. The summed E-state index contributed by atoms with van der Waals surface area (Å²) < 4.78 is 26.0. The average Bonchev–Trinajstić information content (AvgIpc) is 2.87. The van der Waals surface area contributed by atoms with Crippen molar-refractivity contribution in [2.75, 3.05) is 13.2 Å². The molecule has 0 atom stereocenters. The highest BCUT2D eigenvalue weighted by Gasteiger charge is 2.22. The summed E-state index contributed by atoms with van der Waals surface area (Å²) in [5.74, 6) is 0.396. The van der Waals surface area contributed by atoms with E-state index in [1.165, 1.54) is 56.9 Å². The fourth-order valence-corrected chi connectivity index (χ4v) is 4.90. The molecule has 0 saturated heterocycles. The molecule has 2 aromatic carbocycles. The van der Waals surface area contributed by atoms with Crippen LogP contribution in [0.4, 0.5) is 4.39 Å². The van der Waals surface area contributed by atoms with Crippen LogP contribution in [0.1, 0.15) is 82.3 Å². The first-order valence-corrected chi connectivity index (χ1v) is 12.9. The van der Waals surface area contributed by atoms with Gasteiger partial charge < -0.3 is 14.6 Å². The lowest BCUT2D eigenvalue weighted by Crippen LogP contribution is -2.14. The van der Waals surface area contributed by atoms with Crippen molar-refractivity contribution in [2.24, 2.45) is 5.92 Å². The average molecular weight is 483 g/mol. The van der Waals surface area contributed by atoms with Gasteiger partial charge in [-0.25, -0.2) is 9.18 Å². The van der Waals surface area contributed by atoms with Crippen molar-refractivity contribution in [1.29, 1.82) is 0 Å². The number of carbonyl (C=O) groups is 1. The maximum Gasteiger partial charge on any atom is 0.333 e. The Hall–Kier alpha value is -2.66. The Kier molecular flexibility index (Phi) is 10.3. The minimum atomic E-state index is -0.525. The zero-order valence-electron chi connectivity index (χ0n) is 21.2. The Bertz CT molecular complexity index is 975. The highest BCUT2D eigenvalue weighted by atomic mass is 19.1. The quantitative estimate of drug-likeness (QED) is 0.195. The number of rotatable bonds is 12. The normalized spacial score (nSPS) is 17.7. The van der Waals surface area contributed by atoms with E-state index in [0.717, 1.165) is 11.5 Å². The SMILES string of the molecule is C=C(C)C(=O)OCCOc1c(CO)ccc(-c2ccc(C3CCC(CCCCC)CC3)cc2)c1F. The minimum absolute atomic E-state index is 0.0122. The van der Waals surface area contributed by atoms with E-state index in [1.54, 1.807) is 19.1 Å². The molecule has 0 aromatic heterocycles. The van der Waals surface area contributed by atoms with Gasteiger partial charge in [-0.05, 0) is 55.6 Å². The Balaban J connectivity index is 1.64. The Morgan fingerprint density at radius 2 is 1.77 bits per heavy atom. The van der Waals surface area contributed by atoms with Gasteiger partial charge in [-0.3, -0.25) is 0 Å². The summed E-state index contributed by atoms with van der Waals surface area (Å²) in [6.07, 6.45) is 10.4. The molecule has 2 aromatic rings. The molecular weight excluding hydrogens is 443 g/mol. The van der Waals surface area contributed by atoms with Gasteiger partial charge >= 0.3 is 5.97 Å². The third kappa shape index (κ3) is 7.41. The summed E-state index contributed by atoms with van der Waals surface area (Å²) in [4.78, 5) is 11.5. The molecule has 0 spiro atoms. The molecule has 0 bridgehead atoms. The van der Waals surface area contributed by atoms with E-state index in [9.17, 15) is 9.90 Å². The smallest absolute Gasteiger partial charge is 0.333 e. The van der Waals surface area contributed by atoms with Gasteiger partial charge in [0.2, 0.25) is 0 Å². The zero-order valence-corrected chi connectivity index (χ0v) is 21.2. The summed E-state index contributed by atoms with van der Waals surface area (Å²) in [5, 5.41) is 9.64. The lowest BCUT2D eigenvalue weighted by molar-refractivity contribution is -0.139. The van der Waals surface area contributed by atoms with E-state index in [0.29, 0.717) is 17.0 Å². The molecule has 0 amide bonds. The van der Waals surface area contributed by atoms with Crippen LogP contribution in [-0.2, 0) is 16.1 Å². The van der Waals surface area contributed by atoms with Crippen LogP contribution < -0.4 is 4.74 Å².